The van der Waals surface area contributed by atoms with Crippen LogP contribution in [0.2, 0.25) is 0 Å². The van der Waals surface area contributed by atoms with Crippen molar-refractivity contribution in [2.45, 2.75) is 33.7 Å². The van der Waals surface area contributed by atoms with E-state index in [1.54, 1.807) is 14.2 Å². The molecule has 1 amide bonds. The summed E-state index contributed by atoms with van der Waals surface area (Å²) in [6.45, 7) is 6.38. The van der Waals surface area contributed by atoms with Gasteiger partial charge in [-0.05, 0) is 49.6 Å². The Bertz CT molecular complexity index is 1170. The molecule has 0 fully saturated rings. The van der Waals surface area contributed by atoms with Crippen LogP contribution in [0.3, 0.4) is 0 Å². The van der Waals surface area contributed by atoms with Gasteiger partial charge in [0.1, 0.15) is 21.7 Å². The molecule has 2 aromatic carbocycles. The first-order valence-corrected chi connectivity index (χ1v) is 10.0. The van der Waals surface area contributed by atoms with Gasteiger partial charge in [-0.1, -0.05) is 35.0 Å². The van der Waals surface area contributed by atoms with Crippen LogP contribution >= 0.6 is 11.3 Å². The molecule has 0 radical (unpaired) electrons. The van der Waals surface area contributed by atoms with Crippen molar-refractivity contribution in [3.05, 3.63) is 51.3 Å². The molecule has 0 aliphatic carbocycles. The third-order valence-corrected chi connectivity index (χ3v) is 5.92. The number of methoxy groups -OCH3 is 2. The number of aryl methyl sites for hydroxylation is 3. The maximum Gasteiger partial charge on any atom is 0.252 e. The number of benzene rings is 2. The fourth-order valence-electron chi connectivity index (χ4n) is 3.56. The van der Waals surface area contributed by atoms with Crippen LogP contribution in [0.15, 0.2) is 29.3 Å². The highest BCUT2D eigenvalue weighted by Gasteiger charge is 2.16. The largest absolute Gasteiger partial charge is 0.495 e. The molecule has 1 aromatic heterocycles. The summed E-state index contributed by atoms with van der Waals surface area (Å²) in [5, 5.41) is 0. The fourth-order valence-corrected chi connectivity index (χ4v) is 4.72. The number of nitrogens with zero attached hydrogens (tertiary/aromatic N) is 2. The lowest BCUT2D eigenvalue weighted by Crippen LogP contribution is -2.17. The Balaban J connectivity index is 2.14. The van der Waals surface area contributed by atoms with E-state index in [1.165, 1.54) is 16.9 Å². The fraction of sp³-hybridized carbons (Fsp3) is 0.304. The van der Waals surface area contributed by atoms with Crippen LogP contribution in [-0.4, -0.2) is 24.7 Å². The van der Waals surface area contributed by atoms with Gasteiger partial charge in [0, 0.05) is 0 Å². The van der Waals surface area contributed by atoms with Crippen LogP contribution in [0.5, 0.6) is 11.5 Å². The number of amides is 1. The van der Waals surface area contributed by atoms with Crippen LogP contribution < -0.4 is 14.3 Å². The van der Waals surface area contributed by atoms with Crippen LogP contribution in [0.25, 0.3) is 10.2 Å². The van der Waals surface area contributed by atoms with E-state index in [4.69, 9.17) is 15.9 Å². The molecule has 6 heteroatoms. The molecular weight excluding hydrogens is 384 g/mol. The lowest BCUT2D eigenvalue weighted by atomic mass is 9.97. The Hall–Kier alpha value is -3.04. The monoisotopic (exact) mass is 408 g/mol. The lowest BCUT2D eigenvalue weighted by molar-refractivity contribution is -0.117. The van der Waals surface area contributed by atoms with Crippen molar-refractivity contribution in [1.29, 1.82) is 0 Å². The molecule has 0 aliphatic heterocycles. The summed E-state index contributed by atoms with van der Waals surface area (Å²) >= 11 is 1.37. The van der Waals surface area contributed by atoms with Crippen molar-refractivity contribution < 1.29 is 14.3 Å². The van der Waals surface area contributed by atoms with Crippen molar-refractivity contribution >= 4 is 27.5 Å². The zero-order valence-corrected chi connectivity index (χ0v) is 18.1. The van der Waals surface area contributed by atoms with E-state index in [1.807, 2.05) is 30.5 Å². The van der Waals surface area contributed by atoms with Gasteiger partial charge >= 0.3 is 0 Å². The number of hydrogen-bond donors (Lipinski definition) is 0. The zero-order chi connectivity index (χ0) is 21.1. The van der Waals surface area contributed by atoms with E-state index in [0.717, 1.165) is 26.9 Å². The maximum atomic E-state index is 12.8. The molecule has 150 valence electrons. The van der Waals surface area contributed by atoms with Crippen molar-refractivity contribution in [2.75, 3.05) is 14.2 Å². The Morgan fingerprint density at radius 2 is 1.76 bits per heavy atom. The van der Waals surface area contributed by atoms with E-state index in [-0.39, 0.29) is 18.9 Å². The lowest BCUT2D eigenvalue weighted by Gasteiger charge is -2.09. The van der Waals surface area contributed by atoms with Gasteiger partial charge in [-0.25, -0.2) is 0 Å². The minimum atomic E-state index is -0.213. The van der Waals surface area contributed by atoms with E-state index in [2.05, 4.69) is 30.0 Å². The molecule has 3 rings (SSSR count). The normalized spacial score (nSPS) is 11.5. The molecule has 0 spiro atoms. The second-order valence-corrected chi connectivity index (χ2v) is 7.86. The highest BCUT2D eigenvalue weighted by atomic mass is 32.1. The molecule has 5 nitrogen and oxygen atoms in total. The van der Waals surface area contributed by atoms with Gasteiger partial charge in [0.25, 0.3) is 5.91 Å². The second-order valence-electron chi connectivity index (χ2n) is 6.88. The Labute approximate surface area is 174 Å². The molecule has 0 N–H and O–H groups in total. The van der Waals surface area contributed by atoms with Crippen molar-refractivity contribution in [3.63, 3.8) is 0 Å². The van der Waals surface area contributed by atoms with Gasteiger partial charge in [0.05, 0.1) is 27.2 Å². The molecule has 0 saturated heterocycles. The van der Waals surface area contributed by atoms with Gasteiger partial charge < -0.3 is 14.0 Å². The topological polar surface area (TPSA) is 52.8 Å². The molecule has 0 atom stereocenters. The number of rotatable bonds is 5. The number of ether oxygens (including phenoxy) is 2. The molecule has 1 heterocycles. The zero-order valence-electron chi connectivity index (χ0n) is 17.3. The van der Waals surface area contributed by atoms with Crippen molar-refractivity contribution in [3.8, 4) is 23.8 Å². The van der Waals surface area contributed by atoms with Crippen LogP contribution in [0.4, 0.5) is 0 Å². The minimum Gasteiger partial charge on any atom is -0.495 e. The smallest absolute Gasteiger partial charge is 0.252 e. The van der Waals surface area contributed by atoms with Crippen molar-refractivity contribution in [1.82, 2.24) is 4.57 Å². The number of terminal acetylenes is 1. The molecule has 29 heavy (non-hydrogen) atoms. The average molecular weight is 409 g/mol. The van der Waals surface area contributed by atoms with Crippen LogP contribution in [0.1, 0.15) is 22.3 Å². The summed E-state index contributed by atoms with van der Waals surface area (Å²) in [6.07, 6.45) is 5.83. The molecular formula is C23H24N2O3S. The first-order chi connectivity index (χ1) is 13.9. The molecule has 0 saturated carbocycles. The van der Waals surface area contributed by atoms with E-state index >= 15 is 0 Å². The third kappa shape index (κ3) is 4.06. The second kappa shape index (κ2) is 8.54. The van der Waals surface area contributed by atoms with Gasteiger partial charge in [0.2, 0.25) is 0 Å². The predicted octanol–water partition coefficient (Wildman–Crippen LogP) is 3.95. The summed E-state index contributed by atoms with van der Waals surface area (Å²) in [4.78, 5) is 17.8. The summed E-state index contributed by atoms with van der Waals surface area (Å²) in [5.41, 5.74) is 5.18. The number of hydrogen-bond acceptors (Lipinski definition) is 4. The maximum absolute atomic E-state index is 12.8. The number of carbonyl (C=O) groups excluding carboxylic acids is 1. The molecule has 3 aromatic rings. The van der Waals surface area contributed by atoms with E-state index in [9.17, 15) is 4.79 Å². The van der Waals surface area contributed by atoms with Gasteiger partial charge in [-0.2, -0.15) is 4.99 Å². The third-order valence-electron chi connectivity index (χ3n) is 4.83. The SMILES string of the molecule is C#CCn1c(=NC(=O)Cc2c(C)cc(C)cc2C)sc2c(OC)ccc(OC)c21. The summed E-state index contributed by atoms with van der Waals surface area (Å²) < 4.78 is 13.7. The first kappa shape index (κ1) is 20.7. The van der Waals surface area contributed by atoms with Crippen molar-refractivity contribution in [2.24, 2.45) is 4.99 Å². The van der Waals surface area contributed by atoms with Gasteiger partial charge in [-0.15, -0.1) is 6.42 Å². The standard InChI is InChI=1S/C23H24N2O3S/c1-7-10-25-21-18(27-5)8-9-19(28-6)22(21)29-23(25)24-20(26)13-17-15(3)11-14(2)12-16(17)4/h1,8-9,11-12H,10,13H2,2-6H3. The Morgan fingerprint density at radius 3 is 2.34 bits per heavy atom. The summed E-state index contributed by atoms with van der Waals surface area (Å²) in [6, 6.07) is 7.83. The molecule has 0 bridgehead atoms. The molecule has 0 aliphatic rings. The van der Waals surface area contributed by atoms with E-state index in [0.29, 0.717) is 16.3 Å². The highest BCUT2D eigenvalue weighted by molar-refractivity contribution is 7.16. The highest BCUT2D eigenvalue weighted by Crippen LogP contribution is 2.35. The number of aromatic nitrogens is 1. The van der Waals surface area contributed by atoms with Gasteiger partial charge in [-0.3, -0.25) is 4.79 Å². The Kier molecular flexibility index (Phi) is 6.09. The predicted molar refractivity (Wildman–Crippen MR) is 117 cm³/mol. The molecule has 0 unspecified atom stereocenters. The van der Waals surface area contributed by atoms with Crippen LogP contribution in [-0.2, 0) is 17.8 Å². The summed E-state index contributed by atoms with van der Waals surface area (Å²) in [5.74, 6) is 3.78. The minimum absolute atomic E-state index is 0.213. The van der Waals surface area contributed by atoms with Crippen LogP contribution in [0, 0.1) is 33.1 Å². The average Bonchev–Trinajstić information content (AvgIpc) is 3.02. The van der Waals surface area contributed by atoms with E-state index < -0.39 is 0 Å². The Morgan fingerprint density at radius 1 is 1.14 bits per heavy atom. The quantitative estimate of drug-likeness (QED) is 0.601. The number of thiazole rings is 1. The number of carbonyl (C=O) groups is 1. The van der Waals surface area contributed by atoms with Gasteiger partial charge in [0.15, 0.2) is 4.80 Å². The number of fused-ring (bicyclic) bond motifs is 1. The first-order valence-electron chi connectivity index (χ1n) is 9.21. The summed E-state index contributed by atoms with van der Waals surface area (Å²) in [7, 11) is 3.21.